The van der Waals surface area contributed by atoms with Crippen LogP contribution < -0.4 is 10.6 Å². The van der Waals surface area contributed by atoms with Gasteiger partial charge in [-0.1, -0.05) is 29.8 Å². The van der Waals surface area contributed by atoms with Gasteiger partial charge in [0, 0.05) is 13.2 Å². The number of nitrogens with one attached hydrogen (secondary N) is 2. The highest BCUT2D eigenvalue weighted by molar-refractivity contribution is 5.85. The summed E-state index contributed by atoms with van der Waals surface area (Å²) in [5, 5.41) is 14.4. The van der Waals surface area contributed by atoms with Crippen LogP contribution in [-0.2, 0) is 16.1 Å². The van der Waals surface area contributed by atoms with E-state index >= 15 is 0 Å². The normalized spacial score (nSPS) is 12.4. The molecule has 3 N–H and O–H groups in total. The fourth-order valence-electron chi connectivity index (χ4n) is 2.31. The Balaban J connectivity index is 2.63. The molecule has 1 unspecified atom stereocenters. The first-order chi connectivity index (χ1) is 11.7. The lowest BCUT2D eigenvalue weighted by Gasteiger charge is -2.23. The molecule has 0 aromatic heterocycles. The fourth-order valence-corrected chi connectivity index (χ4v) is 2.31. The average Bonchev–Trinajstić information content (AvgIpc) is 2.50. The van der Waals surface area contributed by atoms with Gasteiger partial charge >= 0.3 is 6.09 Å². The van der Waals surface area contributed by atoms with Crippen molar-refractivity contribution < 1.29 is 19.4 Å². The summed E-state index contributed by atoms with van der Waals surface area (Å²) in [5.74, 6) is -0.259. The van der Waals surface area contributed by atoms with Crippen LogP contribution >= 0.6 is 0 Å². The second kappa shape index (κ2) is 10.0. The number of benzene rings is 1. The van der Waals surface area contributed by atoms with Crippen molar-refractivity contribution in [3.8, 4) is 0 Å². The molecule has 25 heavy (non-hydrogen) atoms. The van der Waals surface area contributed by atoms with Gasteiger partial charge in [-0.3, -0.25) is 4.79 Å². The minimum Gasteiger partial charge on any atom is -0.444 e. The van der Waals surface area contributed by atoms with Crippen LogP contribution in [0.15, 0.2) is 24.3 Å². The predicted octanol–water partition coefficient (Wildman–Crippen LogP) is 2.67. The number of aliphatic hydroxyl groups excluding tert-OH is 1. The maximum atomic E-state index is 12.5. The quantitative estimate of drug-likeness (QED) is 0.629. The van der Waals surface area contributed by atoms with Crippen LogP contribution in [0.4, 0.5) is 4.79 Å². The molecule has 6 heteroatoms. The minimum atomic E-state index is -0.689. The molecular formula is C19H30N2O4. The molecule has 0 spiro atoms. The Morgan fingerprint density at radius 1 is 1.24 bits per heavy atom. The Bertz CT molecular complexity index is 567. The molecule has 1 atom stereocenters. The highest BCUT2D eigenvalue weighted by Gasteiger charge is 2.23. The van der Waals surface area contributed by atoms with E-state index in [0.717, 1.165) is 11.1 Å². The van der Waals surface area contributed by atoms with Gasteiger partial charge in [0.15, 0.2) is 0 Å². The minimum absolute atomic E-state index is 0.0596. The zero-order valence-electron chi connectivity index (χ0n) is 15.6. The van der Waals surface area contributed by atoms with Gasteiger partial charge in [0.25, 0.3) is 0 Å². The summed E-state index contributed by atoms with van der Waals surface area (Å²) >= 11 is 0. The molecule has 0 aliphatic carbocycles. The van der Waals surface area contributed by atoms with Gasteiger partial charge in [-0.05, 0) is 52.5 Å². The highest BCUT2D eigenvalue weighted by Crippen LogP contribution is 2.09. The van der Waals surface area contributed by atoms with Crippen LogP contribution in [0.5, 0.6) is 0 Å². The van der Waals surface area contributed by atoms with Crippen molar-refractivity contribution in [3.05, 3.63) is 35.4 Å². The summed E-state index contributed by atoms with van der Waals surface area (Å²) in [4.78, 5) is 24.4. The molecule has 0 aliphatic rings. The predicted molar refractivity (Wildman–Crippen MR) is 97.1 cm³/mol. The summed E-state index contributed by atoms with van der Waals surface area (Å²) in [6.45, 7) is 7.76. The third-order valence-corrected chi connectivity index (χ3v) is 3.46. The van der Waals surface area contributed by atoms with E-state index in [1.54, 1.807) is 20.8 Å². The van der Waals surface area contributed by atoms with Gasteiger partial charge in [-0.2, -0.15) is 0 Å². The van der Waals surface area contributed by atoms with Crippen LogP contribution in [0, 0.1) is 6.92 Å². The van der Waals surface area contributed by atoms with Crippen molar-refractivity contribution >= 4 is 12.0 Å². The van der Waals surface area contributed by atoms with Gasteiger partial charge in [0.1, 0.15) is 11.6 Å². The zero-order valence-corrected chi connectivity index (χ0v) is 15.6. The summed E-state index contributed by atoms with van der Waals surface area (Å²) < 4.78 is 5.22. The zero-order chi connectivity index (χ0) is 18.9. The third-order valence-electron chi connectivity index (χ3n) is 3.46. The first-order valence-corrected chi connectivity index (χ1v) is 8.65. The number of ether oxygens (including phenoxy) is 1. The summed E-state index contributed by atoms with van der Waals surface area (Å²) in [5.41, 5.74) is 1.50. The van der Waals surface area contributed by atoms with Gasteiger partial charge < -0.3 is 20.5 Å². The van der Waals surface area contributed by atoms with Crippen molar-refractivity contribution in [3.63, 3.8) is 0 Å². The van der Waals surface area contributed by atoms with E-state index in [1.165, 1.54) is 0 Å². The smallest absolute Gasteiger partial charge is 0.408 e. The molecule has 0 radical (unpaired) electrons. The summed E-state index contributed by atoms with van der Waals surface area (Å²) in [6.07, 6.45) is 1.04. The lowest BCUT2D eigenvalue weighted by molar-refractivity contribution is -0.123. The number of hydrogen-bond donors (Lipinski definition) is 3. The van der Waals surface area contributed by atoms with Crippen molar-refractivity contribution in [2.24, 2.45) is 0 Å². The van der Waals surface area contributed by atoms with Crippen LogP contribution in [-0.4, -0.2) is 35.4 Å². The molecule has 140 valence electrons. The van der Waals surface area contributed by atoms with E-state index < -0.39 is 17.7 Å². The lowest BCUT2D eigenvalue weighted by Crippen LogP contribution is -2.48. The Morgan fingerprint density at radius 3 is 2.56 bits per heavy atom. The molecule has 1 aromatic rings. The van der Waals surface area contributed by atoms with E-state index in [-0.39, 0.29) is 12.5 Å². The number of hydrogen-bond acceptors (Lipinski definition) is 4. The Hall–Kier alpha value is -2.08. The molecular weight excluding hydrogens is 320 g/mol. The molecule has 2 amide bonds. The number of carbonyl (C=O) groups is 2. The van der Waals surface area contributed by atoms with Gasteiger partial charge in [0.05, 0.1) is 0 Å². The molecule has 6 nitrogen and oxygen atoms in total. The first-order valence-electron chi connectivity index (χ1n) is 8.65. The fraction of sp³-hybridized carbons (Fsp3) is 0.579. The number of aryl methyl sites for hydroxylation is 1. The van der Waals surface area contributed by atoms with Gasteiger partial charge in [-0.15, -0.1) is 0 Å². The van der Waals surface area contributed by atoms with Crippen LogP contribution in [0.25, 0.3) is 0 Å². The Labute approximate surface area is 150 Å². The number of rotatable bonds is 8. The Kier molecular flexibility index (Phi) is 8.41. The molecule has 0 saturated carbocycles. The standard InChI is InChI=1S/C19H30N2O4/c1-14-8-7-9-15(12-14)13-20-17(23)16(10-5-6-11-22)21-18(24)25-19(2,3)4/h7-9,12,16,22H,5-6,10-11,13H2,1-4H3,(H,20,23)(H,21,24). The average molecular weight is 350 g/mol. The molecule has 1 rings (SSSR count). The number of carbonyl (C=O) groups excluding carboxylic acids is 2. The number of amides is 2. The molecule has 0 saturated heterocycles. The van der Waals surface area contributed by atoms with Gasteiger partial charge in [-0.25, -0.2) is 4.79 Å². The van der Waals surface area contributed by atoms with Crippen LogP contribution in [0.1, 0.15) is 51.2 Å². The van der Waals surface area contributed by atoms with Crippen molar-refractivity contribution in [2.75, 3.05) is 6.61 Å². The number of alkyl carbamates (subject to hydrolysis) is 1. The third kappa shape index (κ3) is 9.10. The van der Waals surface area contributed by atoms with Crippen molar-refractivity contribution in [1.29, 1.82) is 0 Å². The summed E-state index contributed by atoms with van der Waals surface area (Å²) in [7, 11) is 0. The van der Waals surface area contributed by atoms with E-state index in [9.17, 15) is 9.59 Å². The van der Waals surface area contributed by atoms with E-state index in [1.807, 2.05) is 31.2 Å². The topological polar surface area (TPSA) is 87.7 Å². The monoisotopic (exact) mass is 350 g/mol. The van der Waals surface area contributed by atoms with Crippen LogP contribution in [0.3, 0.4) is 0 Å². The second-order valence-corrected chi connectivity index (χ2v) is 7.13. The number of aliphatic hydroxyl groups is 1. The highest BCUT2D eigenvalue weighted by atomic mass is 16.6. The van der Waals surface area contributed by atoms with E-state index in [0.29, 0.717) is 25.8 Å². The van der Waals surface area contributed by atoms with E-state index in [2.05, 4.69) is 10.6 Å². The van der Waals surface area contributed by atoms with Crippen molar-refractivity contribution in [1.82, 2.24) is 10.6 Å². The molecule has 1 aromatic carbocycles. The molecule has 0 bridgehead atoms. The largest absolute Gasteiger partial charge is 0.444 e. The first kappa shape index (κ1) is 21.0. The lowest BCUT2D eigenvalue weighted by atomic mass is 10.1. The van der Waals surface area contributed by atoms with Crippen LogP contribution in [0.2, 0.25) is 0 Å². The Morgan fingerprint density at radius 2 is 1.96 bits per heavy atom. The number of unbranched alkanes of at least 4 members (excludes halogenated alkanes) is 1. The summed E-state index contributed by atoms with van der Waals surface area (Å²) in [6, 6.07) is 7.19. The second-order valence-electron chi connectivity index (χ2n) is 7.13. The van der Waals surface area contributed by atoms with Gasteiger partial charge in [0.2, 0.25) is 5.91 Å². The molecule has 0 fully saturated rings. The maximum absolute atomic E-state index is 12.5. The SMILES string of the molecule is Cc1cccc(CNC(=O)C(CCCCO)NC(=O)OC(C)(C)C)c1. The maximum Gasteiger partial charge on any atom is 0.408 e. The van der Waals surface area contributed by atoms with E-state index in [4.69, 9.17) is 9.84 Å². The molecule has 0 aliphatic heterocycles. The van der Waals surface area contributed by atoms with Crippen molar-refractivity contribution in [2.45, 2.75) is 65.1 Å². The molecule has 0 heterocycles.